The van der Waals surface area contributed by atoms with Crippen LogP contribution in [0.15, 0.2) is 52.0 Å². The summed E-state index contributed by atoms with van der Waals surface area (Å²) in [5.41, 5.74) is 3.73. The Morgan fingerprint density at radius 1 is 1.31 bits per heavy atom. The standard InChI is InChI=1S/C19H17ClN2O4/c1-3-25-16-9-12(8-14(20)18(16)24-2)11-21-22-19(23)17-10-13-6-4-5-7-15(13)26-17/h4-11H,3H2,1-2H3,(H,22,23)/b21-11+. The quantitative estimate of drug-likeness (QED) is 0.518. The molecule has 0 unspecified atom stereocenters. The molecule has 2 aromatic carbocycles. The van der Waals surface area contributed by atoms with E-state index in [1.807, 2.05) is 25.1 Å². The summed E-state index contributed by atoms with van der Waals surface area (Å²) in [6.07, 6.45) is 1.47. The molecular formula is C19H17ClN2O4. The molecule has 7 heteroatoms. The lowest BCUT2D eigenvalue weighted by Crippen LogP contribution is -2.16. The van der Waals surface area contributed by atoms with Crippen molar-refractivity contribution in [2.75, 3.05) is 13.7 Å². The van der Waals surface area contributed by atoms with Crippen molar-refractivity contribution in [1.82, 2.24) is 5.43 Å². The monoisotopic (exact) mass is 372 g/mol. The third kappa shape index (κ3) is 3.81. The minimum absolute atomic E-state index is 0.186. The maximum absolute atomic E-state index is 12.2. The Kier molecular flexibility index (Phi) is 5.43. The van der Waals surface area contributed by atoms with E-state index in [2.05, 4.69) is 10.5 Å². The molecule has 1 aromatic heterocycles. The number of amides is 1. The molecule has 3 aromatic rings. The summed E-state index contributed by atoms with van der Waals surface area (Å²) in [4.78, 5) is 12.2. The Hall–Kier alpha value is -2.99. The van der Waals surface area contributed by atoms with Gasteiger partial charge in [-0.25, -0.2) is 5.43 Å². The number of methoxy groups -OCH3 is 1. The lowest BCUT2D eigenvalue weighted by molar-refractivity contribution is 0.0929. The van der Waals surface area contributed by atoms with Gasteiger partial charge in [0.2, 0.25) is 0 Å². The number of hydrogen-bond acceptors (Lipinski definition) is 5. The molecule has 0 radical (unpaired) electrons. The van der Waals surface area contributed by atoms with Crippen molar-refractivity contribution in [2.45, 2.75) is 6.92 Å². The van der Waals surface area contributed by atoms with Gasteiger partial charge in [0.15, 0.2) is 17.3 Å². The zero-order valence-electron chi connectivity index (χ0n) is 14.3. The topological polar surface area (TPSA) is 73.1 Å². The predicted octanol–water partition coefficient (Wildman–Crippen LogP) is 4.26. The first kappa shape index (κ1) is 17.8. The number of carbonyl (C=O) groups excluding carboxylic acids is 1. The number of halogens is 1. The van der Waals surface area contributed by atoms with Crippen LogP contribution < -0.4 is 14.9 Å². The minimum atomic E-state index is -0.443. The fourth-order valence-electron chi connectivity index (χ4n) is 2.44. The number of rotatable bonds is 6. The van der Waals surface area contributed by atoms with Gasteiger partial charge in [-0.2, -0.15) is 5.10 Å². The zero-order valence-corrected chi connectivity index (χ0v) is 15.0. The summed E-state index contributed by atoms with van der Waals surface area (Å²) in [6, 6.07) is 12.4. The Labute approximate surface area is 155 Å². The van der Waals surface area contributed by atoms with Gasteiger partial charge in [0.05, 0.1) is 25.0 Å². The molecule has 134 valence electrons. The molecule has 0 spiro atoms. The molecule has 26 heavy (non-hydrogen) atoms. The Balaban J connectivity index is 1.74. The van der Waals surface area contributed by atoms with Gasteiger partial charge in [0.25, 0.3) is 0 Å². The third-order valence-electron chi connectivity index (χ3n) is 3.56. The summed E-state index contributed by atoms with van der Waals surface area (Å²) in [5.74, 6) is 0.706. The highest BCUT2D eigenvalue weighted by molar-refractivity contribution is 6.32. The van der Waals surface area contributed by atoms with Gasteiger partial charge in [-0.3, -0.25) is 4.79 Å². The van der Waals surface area contributed by atoms with Gasteiger partial charge >= 0.3 is 5.91 Å². The number of nitrogens with one attached hydrogen (secondary N) is 1. The smallest absolute Gasteiger partial charge is 0.307 e. The van der Waals surface area contributed by atoms with Gasteiger partial charge in [0, 0.05) is 5.39 Å². The predicted molar refractivity (Wildman–Crippen MR) is 100 cm³/mol. The van der Waals surface area contributed by atoms with Gasteiger partial charge < -0.3 is 13.9 Å². The first-order valence-corrected chi connectivity index (χ1v) is 8.32. The largest absolute Gasteiger partial charge is 0.491 e. The van der Waals surface area contributed by atoms with Crippen molar-refractivity contribution in [3.05, 3.63) is 58.8 Å². The molecule has 0 bridgehead atoms. The van der Waals surface area contributed by atoms with E-state index >= 15 is 0 Å². The van der Waals surface area contributed by atoms with Crippen molar-refractivity contribution >= 4 is 34.7 Å². The molecule has 0 fully saturated rings. The summed E-state index contributed by atoms with van der Waals surface area (Å²) < 4.78 is 16.2. The fourth-order valence-corrected chi connectivity index (χ4v) is 2.73. The Morgan fingerprint density at radius 2 is 2.12 bits per heavy atom. The molecule has 0 aliphatic rings. The molecule has 0 saturated carbocycles. The Morgan fingerprint density at radius 3 is 2.85 bits per heavy atom. The average molecular weight is 373 g/mol. The van der Waals surface area contributed by atoms with Crippen molar-refractivity contribution in [2.24, 2.45) is 5.10 Å². The van der Waals surface area contributed by atoms with Crippen molar-refractivity contribution in [3.63, 3.8) is 0 Å². The average Bonchev–Trinajstić information content (AvgIpc) is 3.06. The second-order valence-corrected chi connectivity index (χ2v) is 5.72. The second kappa shape index (κ2) is 7.93. The van der Waals surface area contributed by atoms with Crippen molar-refractivity contribution in [1.29, 1.82) is 0 Å². The van der Waals surface area contributed by atoms with E-state index in [-0.39, 0.29) is 5.76 Å². The Bertz CT molecular complexity index is 932. The molecule has 3 rings (SSSR count). The van der Waals surface area contributed by atoms with E-state index < -0.39 is 5.91 Å². The first-order chi connectivity index (χ1) is 12.6. The van der Waals surface area contributed by atoms with Crippen LogP contribution in [-0.4, -0.2) is 25.8 Å². The summed E-state index contributed by atoms with van der Waals surface area (Å²) in [6.45, 7) is 2.33. The van der Waals surface area contributed by atoms with Crippen LogP contribution in [0.2, 0.25) is 5.02 Å². The van der Waals surface area contributed by atoms with Gasteiger partial charge in [-0.15, -0.1) is 0 Å². The van der Waals surface area contributed by atoms with Gasteiger partial charge in [-0.05, 0) is 36.8 Å². The number of hydrazone groups is 1. The van der Waals surface area contributed by atoms with Crippen molar-refractivity contribution < 1.29 is 18.7 Å². The summed E-state index contributed by atoms with van der Waals surface area (Å²) >= 11 is 6.18. The van der Waals surface area contributed by atoms with Crippen LogP contribution in [0.1, 0.15) is 23.0 Å². The van der Waals surface area contributed by atoms with Crippen LogP contribution in [0, 0.1) is 0 Å². The maximum atomic E-state index is 12.2. The van der Waals surface area contributed by atoms with Gasteiger partial charge in [-0.1, -0.05) is 29.8 Å². The summed E-state index contributed by atoms with van der Waals surface area (Å²) in [5, 5.41) is 5.19. The van der Waals surface area contributed by atoms with Crippen LogP contribution >= 0.6 is 11.6 Å². The SMILES string of the molecule is CCOc1cc(/C=N/NC(=O)c2cc3ccccc3o2)cc(Cl)c1OC. The number of carbonyl (C=O) groups is 1. The number of hydrogen-bond donors (Lipinski definition) is 1. The minimum Gasteiger partial charge on any atom is -0.491 e. The highest BCUT2D eigenvalue weighted by Crippen LogP contribution is 2.35. The number of benzene rings is 2. The first-order valence-electron chi connectivity index (χ1n) is 7.94. The number of nitrogens with zero attached hydrogens (tertiary/aromatic N) is 1. The van der Waals surface area contributed by atoms with Crippen LogP contribution in [0.3, 0.4) is 0 Å². The van der Waals surface area contributed by atoms with Crippen LogP contribution in [-0.2, 0) is 0 Å². The van der Waals surface area contributed by atoms with Gasteiger partial charge in [0.1, 0.15) is 5.58 Å². The zero-order chi connectivity index (χ0) is 18.5. The van der Waals surface area contributed by atoms with E-state index in [1.54, 1.807) is 24.3 Å². The normalized spacial score (nSPS) is 11.0. The maximum Gasteiger partial charge on any atom is 0.307 e. The number of fused-ring (bicyclic) bond motifs is 1. The second-order valence-electron chi connectivity index (χ2n) is 5.31. The van der Waals surface area contributed by atoms with Crippen LogP contribution in [0.5, 0.6) is 11.5 Å². The molecular weight excluding hydrogens is 356 g/mol. The number of furan rings is 1. The van der Waals surface area contributed by atoms with E-state index in [1.165, 1.54) is 13.3 Å². The van der Waals surface area contributed by atoms with E-state index in [4.69, 9.17) is 25.5 Å². The molecule has 0 aliphatic heterocycles. The lowest BCUT2D eigenvalue weighted by atomic mass is 10.2. The molecule has 0 aliphatic carbocycles. The molecule has 1 N–H and O–H groups in total. The summed E-state index contributed by atoms with van der Waals surface area (Å²) in [7, 11) is 1.52. The molecule has 0 saturated heterocycles. The number of para-hydroxylation sites is 1. The number of ether oxygens (including phenoxy) is 2. The fraction of sp³-hybridized carbons (Fsp3) is 0.158. The van der Waals surface area contributed by atoms with E-state index in [9.17, 15) is 4.79 Å². The highest BCUT2D eigenvalue weighted by Gasteiger charge is 2.12. The van der Waals surface area contributed by atoms with Crippen LogP contribution in [0.4, 0.5) is 0 Å². The van der Waals surface area contributed by atoms with Crippen LogP contribution in [0.25, 0.3) is 11.0 Å². The molecule has 1 amide bonds. The highest BCUT2D eigenvalue weighted by atomic mass is 35.5. The van der Waals surface area contributed by atoms with E-state index in [0.29, 0.717) is 34.3 Å². The third-order valence-corrected chi connectivity index (χ3v) is 3.85. The molecule has 0 atom stereocenters. The molecule has 6 nitrogen and oxygen atoms in total. The van der Waals surface area contributed by atoms with Crippen molar-refractivity contribution in [3.8, 4) is 11.5 Å². The molecule has 1 heterocycles. The lowest BCUT2D eigenvalue weighted by Gasteiger charge is -2.11. The van der Waals surface area contributed by atoms with E-state index in [0.717, 1.165) is 5.39 Å².